The average Bonchev–Trinajstić information content (AvgIpc) is 2.40. The molecule has 1 saturated carbocycles. The van der Waals surface area contributed by atoms with Crippen molar-refractivity contribution in [1.29, 1.82) is 0 Å². The van der Waals surface area contributed by atoms with Crippen molar-refractivity contribution >= 4 is 0 Å². The molecule has 20 heavy (non-hydrogen) atoms. The van der Waals surface area contributed by atoms with Crippen LogP contribution in [0.4, 0.5) is 0 Å². The van der Waals surface area contributed by atoms with E-state index in [1.807, 2.05) is 0 Å². The lowest BCUT2D eigenvalue weighted by molar-refractivity contribution is 0.0655. The Labute approximate surface area is 126 Å². The number of hydrogen-bond acceptors (Lipinski definition) is 3. The molecule has 0 aromatic heterocycles. The third-order valence-electron chi connectivity index (χ3n) is 5.22. The quantitative estimate of drug-likeness (QED) is 0.744. The molecular weight excluding hydrogens is 248 g/mol. The summed E-state index contributed by atoms with van der Waals surface area (Å²) in [6, 6.07) is 1.04. The number of hydrogen-bond donors (Lipinski definition) is 1. The number of ether oxygens (including phenoxy) is 1. The van der Waals surface area contributed by atoms with Crippen LogP contribution in [-0.2, 0) is 4.74 Å². The van der Waals surface area contributed by atoms with Crippen molar-refractivity contribution in [2.75, 3.05) is 26.8 Å². The number of rotatable bonds is 8. The highest BCUT2D eigenvalue weighted by Gasteiger charge is 2.33. The number of nitrogens with zero attached hydrogens (tertiary/aromatic N) is 1. The van der Waals surface area contributed by atoms with Crippen LogP contribution >= 0.6 is 0 Å². The van der Waals surface area contributed by atoms with Gasteiger partial charge in [0.2, 0.25) is 0 Å². The van der Waals surface area contributed by atoms with Crippen molar-refractivity contribution in [3.8, 4) is 0 Å². The highest BCUT2D eigenvalue weighted by atomic mass is 16.5. The van der Waals surface area contributed by atoms with Gasteiger partial charge in [0.1, 0.15) is 0 Å². The molecule has 4 unspecified atom stereocenters. The molecule has 1 aliphatic rings. The molecule has 1 fully saturated rings. The molecule has 2 N–H and O–H groups in total. The first-order chi connectivity index (χ1) is 9.53. The fourth-order valence-corrected chi connectivity index (χ4v) is 3.99. The lowest BCUT2D eigenvalue weighted by atomic mass is 9.72. The summed E-state index contributed by atoms with van der Waals surface area (Å²) in [4.78, 5) is 2.63. The molecule has 0 aromatic rings. The molecule has 0 aliphatic heterocycles. The summed E-state index contributed by atoms with van der Waals surface area (Å²) < 4.78 is 5.30. The van der Waals surface area contributed by atoms with E-state index in [0.717, 1.165) is 31.5 Å². The summed E-state index contributed by atoms with van der Waals surface area (Å²) in [6.45, 7) is 12.3. The highest BCUT2D eigenvalue weighted by Crippen LogP contribution is 2.33. The average molecular weight is 284 g/mol. The lowest BCUT2D eigenvalue weighted by Gasteiger charge is -2.42. The van der Waals surface area contributed by atoms with Crippen LogP contribution in [0.2, 0.25) is 0 Å². The summed E-state index contributed by atoms with van der Waals surface area (Å²) >= 11 is 0. The largest absolute Gasteiger partial charge is 0.383 e. The maximum atomic E-state index is 6.46. The SMILES string of the molecule is CCC(CC)N(CCOC)CC1C(C)CC(C)CC1N. The molecule has 120 valence electrons. The van der Waals surface area contributed by atoms with Crippen molar-refractivity contribution < 1.29 is 4.74 Å². The maximum Gasteiger partial charge on any atom is 0.0589 e. The van der Waals surface area contributed by atoms with Gasteiger partial charge in [0.05, 0.1) is 6.61 Å². The zero-order chi connectivity index (χ0) is 15.1. The van der Waals surface area contributed by atoms with Crippen LogP contribution in [0.5, 0.6) is 0 Å². The van der Waals surface area contributed by atoms with Gasteiger partial charge in [-0.05, 0) is 43.4 Å². The van der Waals surface area contributed by atoms with Crippen molar-refractivity contribution in [3.05, 3.63) is 0 Å². The van der Waals surface area contributed by atoms with Crippen molar-refractivity contribution in [2.45, 2.75) is 65.5 Å². The zero-order valence-electron chi connectivity index (χ0n) is 14.3. The molecule has 0 bridgehead atoms. The first-order valence-corrected chi connectivity index (χ1v) is 8.51. The van der Waals surface area contributed by atoms with Crippen LogP contribution in [0.25, 0.3) is 0 Å². The van der Waals surface area contributed by atoms with E-state index in [2.05, 4.69) is 32.6 Å². The van der Waals surface area contributed by atoms with E-state index in [1.165, 1.54) is 25.7 Å². The van der Waals surface area contributed by atoms with Crippen molar-refractivity contribution in [3.63, 3.8) is 0 Å². The predicted molar refractivity (Wildman–Crippen MR) is 86.8 cm³/mol. The van der Waals surface area contributed by atoms with Gasteiger partial charge in [-0.15, -0.1) is 0 Å². The molecular formula is C17H36N2O. The summed E-state index contributed by atoms with van der Waals surface area (Å²) in [5, 5.41) is 0. The molecule has 0 spiro atoms. The Hall–Kier alpha value is -0.120. The second-order valence-corrected chi connectivity index (χ2v) is 6.84. The first kappa shape index (κ1) is 17.9. The molecule has 0 heterocycles. The van der Waals surface area contributed by atoms with Gasteiger partial charge in [-0.2, -0.15) is 0 Å². The molecule has 0 saturated heterocycles. The smallest absolute Gasteiger partial charge is 0.0589 e. The Kier molecular flexibility index (Phi) is 8.08. The maximum absolute atomic E-state index is 6.46. The van der Waals surface area contributed by atoms with E-state index in [1.54, 1.807) is 7.11 Å². The summed E-state index contributed by atoms with van der Waals surface area (Å²) in [6.07, 6.45) is 4.95. The van der Waals surface area contributed by atoms with Gasteiger partial charge in [-0.3, -0.25) is 4.90 Å². The van der Waals surface area contributed by atoms with Crippen LogP contribution < -0.4 is 5.73 Å². The minimum absolute atomic E-state index is 0.369. The molecule has 4 atom stereocenters. The van der Waals surface area contributed by atoms with Crippen LogP contribution in [0.3, 0.4) is 0 Å². The molecule has 0 aromatic carbocycles. The van der Waals surface area contributed by atoms with Gasteiger partial charge in [0, 0.05) is 32.3 Å². The van der Waals surface area contributed by atoms with Gasteiger partial charge in [-0.25, -0.2) is 0 Å². The molecule has 0 radical (unpaired) electrons. The summed E-state index contributed by atoms with van der Waals surface area (Å²) in [5.74, 6) is 2.17. The van der Waals surface area contributed by atoms with Crippen LogP contribution in [-0.4, -0.2) is 43.8 Å². The number of methoxy groups -OCH3 is 1. The van der Waals surface area contributed by atoms with Gasteiger partial charge in [-0.1, -0.05) is 27.7 Å². The summed E-state index contributed by atoms with van der Waals surface area (Å²) in [7, 11) is 1.79. The van der Waals surface area contributed by atoms with Crippen molar-refractivity contribution in [1.82, 2.24) is 4.90 Å². The third-order valence-corrected chi connectivity index (χ3v) is 5.22. The Morgan fingerprint density at radius 3 is 2.35 bits per heavy atom. The Morgan fingerprint density at radius 2 is 1.85 bits per heavy atom. The zero-order valence-corrected chi connectivity index (χ0v) is 14.3. The van der Waals surface area contributed by atoms with Crippen molar-refractivity contribution in [2.24, 2.45) is 23.5 Å². The minimum atomic E-state index is 0.369. The van der Waals surface area contributed by atoms with E-state index in [-0.39, 0.29) is 0 Å². The van der Waals surface area contributed by atoms with E-state index >= 15 is 0 Å². The third kappa shape index (κ3) is 5.01. The monoisotopic (exact) mass is 284 g/mol. The number of nitrogens with two attached hydrogens (primary N) is 1. The predicted octanol–water partition coefficient (Wildman–Crippen LogP) is 3.13. The summed E-state index contributed by atoms with van der Waals surface area (Å²) in [5.41, 5.74) is 6.46. The Balaban J connectivity index is 2.66. The normalized spacial score (nSPS) is 31.2. The lowest BCUT2D eigenvalue weighted by Crippen LogP contribution is -2.49. The second kappa shape index (κ2) is 9.01. The van der Waals surface area contributed by atoms with E-state index in [9.17, 15) is 0 Å². The molecule has 1 rings (SSSR count). The standard InChI is InChI=1S/C17H36N2O/c1-6-15(7-2)19(8-9-20-5)12-16-14(4)10-13(3)11-17(16)18/h13-17H,6-12,18H2,1-5H3. The highest BCUT2D eigenvalue weighted by molar-refractivity contribution is 4.88. The fourth-order valence-electron chi connectivity index (χ4n) is 3.99. The van der Waals surface area contributed by atoms with Crippen LogP contribution in [0.15, 0.2) is 0 Å². The minimum Gasteiger partial charge on any atom is -0.383 e. The van der Waals surface area contributed by atoms with Crippen LogP contribution in [0.1, 0.15) is 53.4 Å². The van der Waals surface area contributed by atoms with Gasteiger partial charge in [0.15, 0.2) is 0 Å². The van der Waals surface area contributed by atoms with Gasteiger partial charge < -0.3 is 10.5 Å². The molecule has 3 nitrogen and oxygen atoms in total. The molecule has 3 heteroatoms. The van der Waals surface area contributed by atoms with E-state index in [4.69, 9.17) is 10.5 Å². The van der Waals surface area contributed by atoms with E-state index < -0.39 is 0 Å². The Bertz CT molecular complexity index is 243. The molecule has 0 amide bonds. The second-order valence-electron chi connectivity index (χ2n) is 6.84. The molecule has 1 aliphatic carbocycles. The van der Waals surface area contributed by atoms with Crippen LogP contribution in [0, 0.1) is 17.8 Å². The Morgan fingerprint density at radius 1 is 1.20 bits per heavy atom. The topological polar surface area (TPSA) is 38.5 Å². The van der Waals surface area contributed by atoms with Gasteiger partial charge >= 0.3 is 0 Å². The first-order valence-electron chi connectivity index (χ1n) is 8.51. The fraction of sp³-hybridized carbons (Fsp3) is 1.00. The van der Waals surface area contributed by atoms with E-state index in [0.29, 0.717) is 18.0 Å². The van der Waals surface area contributed by atoms with Gasteiger partial charge in [0.25, 0.3) is 0 Å².